The van der Waals surface area contributed by atoms with Gasteiger partial charge in [0.15, 0.2) is 22.4 Å². The number of carbonyl (C=O) groups is 2. The molecule has 0 unspecified atom stereocenters. The molecule has 3 aromatic carbocycles. The molecule has 1 saturated heterocycles. The molecule has 7 nitrogen and oxygen atoms in total. The largest absolute Gasteiger partial charge is 0.495 e. The first-order chi connectivity index (χ1) is 17.8. The summed E-state index contributed by atoms with van der Waals surface area (Å²) >= 11 is 12.9. The highest BCUT2D eigenvalue weighted by Gasteiger charge is 2.33. The molecule has 0 saturated carbocycles. The Hall–Kier alpha value is -3.53. The van der Waals surface area contributed by atoms with Gasteiger partial charge < -0.3 is 19.5 Å². The van der Waals surface area contributed by atoms with Gasteiger partial charge in [-0.05, 0) is 61.0 Å². The zero-order valence-electron chi connectivity index (χ0n) is 20.2. The zero-order valence-corrected chi connectivity index (χ0v) is 22.6. The van der Waals surface area contributed by atoms with E-state index in [1.807, 2.05) is 31.2 Å². The van der Waals surface area contributed by atoms with Crippen LogP contribution in [-0.4, -0.2) is 37.0 Å². The van der Waals surface area contributed by atoms with Gasteiger partial charge in [-0.25, -0.2) is 0 Å². The first-order valence-corrected chi connectivity index (χ1v) is 12.7. The second-order valence-electron chi connectivity index (χ2n) is 7.95. The van der Waals surface area contributed by atoms with Crippen molar-refractivity contribution in [2.75, 3.05) is 31.0 Å². The minimum atomic E-state index is -0.294. The fourth-order valence-corrected chi connectivity index (χ4v) is 5.06. The lowest BCUT2D eigenvalue weighted by Crippen LogP contribution is -2.27. The number of aryl methyl sites for hydroxylation is 1. The number of halogens is 1. The molecule has 0 aromatic heterocycles. The Morgan fingerprint density at radius 3 is 2.41 bits per heavy atom. The van der Waals surface area contributed by atoms with E-state index in [4.69, 9.17) is 38.0 Å². The number of ether oxygens (including phenoxy) is 3. The van der Waals surface area contributed by atoms with E-state index in [-0.39, 0.29) is 18.4 Å². The van der Waals surface area contributed by atoms with Gasteiger partial charge in [0.1, 0.15) is 5.75 Å². The number of nitrogens with zero attached hydrogens (tertiary/aromatic N) is 1. The van der Waals surface area contributed by atoms with Gasteiger partial charge in [0.2, 0.25) is 0 Å². The third-order valence-electron chi connectivity index (χ3n) is 5.37. The topological polar surface area (TPSA) is 77.1 Å². The lowest BCUT2D eigenvalue weighted by molar-refractivity contribution is -0.118. The van der Waals surface area contributed by atoms with Crippen LogP contribution in [0.25, 0.3) is 6.08 Å². The molecule has 10 heteroatoms. The Balaban J connectivity index is 1.45. The van der Waals surface area contributed by atoms with Crippen LogP contribution < -0.4 is 24.4 Å². The number of hydrogen-bond acceptors (Lipinski definition) is 7. The highest BCUT2D eigenvalue weighted by atomic mass is 35.5. The number of anilines is 2. The van der Waals surface area contributed by atoms with Gasteiger partial charge in [0.25, 0.3) is 11.8 Å². The van der Waals surface area contributed by atoms with E-state index in [1.54, 1.807) is 42.5 Å². The summed E-state index contributed by atoms with van der Waals surface area (Å²) in [7, 11) is 3.03. The fourth-order valence-electron chi connectivity index (χ4n) is 3.51. The molecule has 0 radical (unpaired) electrons. The van der Waals surface area contributed by atoms with Crippen molar-refractivity contribution in [2.24, 2.45) is 0 Å². The Bertz CT molecular complexity index is 1390. The summed E-state index contributed by atoms with van der Waals surface area (Å²) in [6, 6.07) is 17.7. The Morgan fingerprint density at radius 2 is 1.73 bits per heavy atom. The predicted molar refractivity (Wildman–Crippen MR) is 152 cm³/mol. The molecule has 190 valence electrons. The van der Waals surface area contributed by atoms with Crippen LogP contribution in [0.15, 0.2) is 65.6 Å². The zero-order chi connectivity index (χ0) is 26.5. The third-order valence-corrected chi connectivity index (χ3v) is 6.96. The molecular formula is C27H23ClN2O5S2. The smallest absolute Gasteiger partial charge is 0.270 e. The Labute approximate surface area is 229 Å². The van der Waals surface area contributed by atoms with Crippen LogP contribution in [0.2, 0.25) is 5.02 Å². The second kappa shape index (κ2) is 11.7. The minimum Gasteiger partial charge on any atom is -0.495 e. The van der Waals surface area contributed by atoms with Crippen molar-refractivity contribution in [2.45, 2.75) is 6.92 Å². The summed E-state index contributed by atoms with van der Waals surface area (Å²) in [4.78, 5) is 27.3. The van der Waals surface area contributed by atoms with Gasteiger partial charge in [0, 0.05) is 5.69 Å². The minimum absolute atomic E-state index is 0.188. The molecule has 3 aromatic rings. The van der Waals surface area contributed by atoms with Crippen molar-refractivity contribution < 1.29 is 23.8 Å². The maximum atomic E-state index is 13.1. The number of thiocarbonyl (C=S) groups is 1. The van der Waals surface area contributed by atoms with Crippen molar-refractivity contribution in [1.29, 1.82) is 0 Å². The molecule has 1 heterocycles. The molecule has 4 rings (SSSR count). The van der Waals surface area contributed by atoms with E-state index < -0.39 is 0 Å². The van der Waals surface area contributed by atoms with Gasteiger partial charge in [-0.1, -0.05) is 59.3 Å². The van der Waals surface area contributed by atoms with Crippen molar-refractivity contribution in [3.05, 3.63) is 81.7 Å². The third kappa shape index (κ3) is 6.25. The normalized spacial score (nSPS) is 14.2. The van der Waals surface area contributed by atoms with E-state index in [0.29, 0.717) is 48.4 Å². The maximum Gasteiger partial charge on any atom is 0.270 e. The van der Waals surface area contributed by atoms with Gasteiger partial charge in [-0.3, -0.25) is 14.5 Å². The van der Waals surface area contributed by atoms with E-state index in [0.717, 1.165) is 5.56 Å². The number of thioether (sulfide) groups is 1. The number of nitrogens with one attached hydrogen (secondary N) is 1. The van der Waals surface area contributed by atoms with Crippen LogP contribution in [0.3, 0.4) is 0 Å². The summed E-state index contributed by atoms with van der Waals surface area (Å²) < 4.78 is 16.7. The average Bonchev–Trinajstić information content (AvgIpc) is 3.16. The molecule has 1 N–H and O–H groups in total. The van der Waals surface area contributed by atoms with E-state index in [2.05, 4.69) is 5.32 Å². The molecule has 37 heavy (non-hydrogen) atoms. The van der Waals surface area contributed by atoms with Crippen LogP contribution in [0.4, 0.5) is 11.4 Å². The summed E-state index contributed by atoms with van der Waals surface area (Å²) in [6.45, 7) is 1.79. The molecule has 0 bridgehead atoms. The fraction of sp³-hybridized carbons (Fsp3) is 0.148. The highest BCUT2D eigenvalue weighted by Crippen LogP contribution is 2.39. The number of hydrogen-bond donors (Lipinski definition) is 1. The average molecular weight is 555 g/mol. The molecule has 0 spiro atoms. The molecule has 2 amide bonds. The summed E-state index contributed by atoms with van der Waals surface area (Å²) in [5.74, 6) is 0.780. The first kappa shape index (κ1) is 26.5. The second-order valence-corrected chi connectivity index (χ2v) is 10.0. The van der Waals surface area contributed by atoms with Gasteiger partial charge in [-0.2, -0.15) is 0 Å². The van der Waals surface area contributed by atoms with Gasteiger partial charge in [-0.15, -0.1) is 0 Å². The lowest BCUT2D eigenvalue weighted by atomic mass is 10.1. The highest BCUT2D eigenvalue weighted by molar-refractivity contribution is 8.27. The van der Waals surface area contributed by atoms with Gasteiger partial charge in [0.05, 0.1) is 29.8 Å². The van der Waals surface area contributed by atoms with Crippen LogP contribution in [-0.2, 0) is 9.59 Å². The molecule has 1 fully saturated rings. The van der Waals surface area contributed by atoms with Crippen LogP contribution in [0, 0.1) is 6.92 Å². The number of benzene rings is 3. The quantitative estimate of drug-likeness (QED) is 0.267. The molecule has 1 aliphatic rings. The van der Waals surface area contributed by atoms with Crippen molar-refractivity contribution >= 4 is 69.2 Å². The van der Waals surface area contributed by atoms with Crippen molar-refractivity contribution in [3.8, 4) is 17.2 Å². The summed E-state index contributed by atoms with van der Waals surface area (Å²) in [5, 5.41) is 3.17. The summed E-state index contributed by atoms with van der Waals surface area (Å²) in [6.07, 6.45) is 1.72. The summed E-state index contributed by atoms with van der Waals surface area (Å²) in [5.41, 5.74) is 3.06. The SMILES string of the molecule is COc1ccc(N2C(=O)/C(=C\c3ccc(OCC(=O)Nc4ccc(C)cc4)c(OC)c3)SC2=S)cc1Cl. The van der Waals surface area contributed by atoms with Crippen molar-refractivity contribution in [3.63, 3.8) is 0 Å². The molecule has 0 atom stereocenters. The maximum absolute atomic E-state index is 13.1. The van der Waals surface area contributed by atoms with Crippen molar-refractivity contribution in [1.82, 2.24) is 0 Å². The van der Waals surface area contributed by atoms with Gasteiger partial charge >= 0.3 is 0 Å². The van der Waals surface area contributed by atoms with Crippen LogP contribution >= 0.6 is 35.6 Å². The monoisotopic (exact) mass is 554 g/mol. The Morgan fingerprint density at radius 1 is 1.03 bits per heavy atom. The molecule has 0 aliphatic carbocycles. The predicted octanol–water partition coefficient (Wildman–Crippen LogP) is 6.09. The Kier molecular flexibility index (Phi) is 8.38. The number of methoxy groups -OCH3 is 2. The van der Waals surface area contributed by atoms with E-state index >= 15 is 0 Å². The number of amides is 2. The van der Waals surface area contributed by atoms with Crippen LogP contribution in [0.1, 0.15) is 11.1 Å². The van der Waals surface area contributed by atoms with E-state index in [9.17, 15) is 9.59 Å². The van der Waals surface area contributed by atoms with Crippen LogP contribution in [0.5, 0.6) is 17.2 Å². The first-order valence-electron chi connectivity index (χ1n) is 11.1. The number of rotatable bonds is 8. The standard InChI is InChI=1S/C27H23ClN2O5S2/c1-16-4-7-18(8-5-16)29-25(31)15-35-22-10-6-17(12-23(22)34-3)13-24-26(32)30(27(36)37-24)19-9-11-21(33-2)20(28)14-19/h4-14H,15H2,1-3H3,(H,29,31)/b24-13+. The lowest BCUT2D eigenvalue weighted by Gasteiger charge is -2.15. The molecular weight excluding hydrogens is 532 g/mol. The van der Waals surface area contributed by atoms with E-state index in [1.165, 1.54) is 30.9 Å². The number of carbonyl (C=O) groups excluding carboxylic acids is 2. The molecule has 1 aliphatic heterocycles.